The lowest BCUT2D eigenvalue weighted by Gasteiger charge is -2.39. The first-order valence-electron chi connectivity index (χ1n) is 9.59. The van der Waals surface area contributed by atoms with Crippen LogP contribution in [0.1, 0.15) is 69.5 Å². The Morgan fingerprint density at radius 1 is 1.12 bits per heavy atom. The van der Waals surface area contributed by atoms with E-state index in [-0.39, 0.29) is 17.7 Å². The summed E-state index contributed by atoms with van der Waals surface area (Å²) >= 11 is 0. The molecule has 1 aliphatic heterocycles. The van der Waals surface area contributed by atoms with Gasteiger partial charge in [0.25, 0.3) is 0 Å². The number of fused-ring (bicyclic) bond motifs is 1. The lowest BCUT2D eigenvalue weighted by atomic mass is 9.79. The third-order valence-corrected chi connectivity index (χ3v) is 8.16. The predicted octanol–water partition coefficient (Wildman–Crippen LogP) is 2.36. The summed E-state index contributed by atoms with van der Waals surface area (Å²) in [7, 11) is -3.53. The standard InChI is InChI=1S/C18H27N3O3S/c22-18-17(11-13-5-1-4-8-16(13)19-18)25(23,24)12-14-9-10-21(20-14)15-6-2-3-7-15/h9-10,13,15-17H,1-8,11-12H2,(H,19,22). The second-order valence-corrected chi connectivity index (χ2v) is 10.1. The summed E-state index contributed by atoms with van der Waals surface area (Å²) in [6.07, 6.45) is 11.3. The first-order chi connectivity index (χ1) is 12.0. The summed E-state index contributed by atoms with van der Waals surface area (Å²) in [6.45, 7) is 0. The highest BCUT2D eigenvalue weighted by Gasteiger charge is 2.43. The summed E-state index contributed by atoms with van der Waals surface area (Å²) in [5.41, 5.74) is 0.561. The molecule has 7 heteroatoms. The van der Waals surface area contributed by atoms with Gasteiger partial charge in [0.1, 0.15) is 5.25 Å². The highest BCUT2D eigenvalue weighted by Crippen LogP contribution is 2.34. The van der Waals surface area contributed by atoms with Crippen LogP contribution in [0.3, 0.4) is 0 Å². The van der Waals surface area contributed by atoms with Gasteiger partial charge in [-0.15, -0.1) is 0 Å². The molecule has 2 saturated carbocycles. The van der Waals surface area contributed by atoms with Gasteiger partial charge in [0.05, 0.1) is 17.5 Å². The van der Waals surface area contributed by atoms with Crippen molar-refractivity contribution in [1.82, 2.24) is 15.1 Å². The van der Waals surface area contributed by atoms with Crippen molar-refractivity contribution in [2.75, 3.05) is 0 Å². The highest BCUT2D eigenvalue weighted by molar-refractivity contribution is 7.92. The summed E-state index contributed by atoms with van der Waals surface area (Å²) in [6, 6.07) is 2.37. The molecule has 1 saturated heterocycles. The van der Waals surface area contributed by atoms with Crippen molar-refractivity contribution in [3.63, 3.8) is 0 Å². The van der Waals surface area contributed by atoms with Gasteiger partial charge in [-0.3, -0.25) is 9.48 Å². The van der Waals surface area contributed by atoms with Crippen LogP contribution >= 0.6 is 0 Å². The van der Waals surface area contributed by atoms with Crippen molar-refractivity contribution in [2.45, 2.75) is 80.9 Å². The van der Waals surface area contributed by atoms with Gasteiger partial charge in [-0.1, -0.05) is 25.7 Å². The molecule has 1 aromatic rings. The summed E-state index contributed by atoms with van der Waals surface area (Å²) in [4.78, 5) is 12.4. The van der Waals surface area contributed by atoms with Gasteiger partial charge in [0.15, 0.2) is 9.84 Å². The van der Waals surface area contributed by atoms with Crippen LogP contribution in [-0.2, 0) is 20.4 Å². The molecule has 3 fully saturated rings. The Morgan fingerprint density at radius 3 is 2.64 bits per heavy atom. The van der Waals surface area contributed by atoms with Gasteiger partial charge >= 0.3 is 0 Å². The second-order valence-electron chi connectivity index (χ2n) is 7.92. The number of sulfone groups is 1. The van der Waals surface area contributed by atoms with Crippen LogP contribution in [-0.4, -0.2) is 35.4 Å². The molecule has 0 aromatic carbocycles. The molecule has 6 nitrogen and oxygen atoms in total. The van der Waals surface area contributed by atoms with E-state index in [1.54, 1.807) is 6.07 Å². The van der Waals surface area contributed by atoms with Crippen LogP contribution in [0.5, 0.6) is 0 Å². The average molecular weight is 365 g/mol. The molecule has 3 unspecified atom stereocenters. The van der Waals surface area contributed by atoms with Crippen molar-refractivity contribution in [3.8, 4) is 0 Å². The largest absolute Gasteiger partial charge is 0.352 e. The van der Waals surface area contributed by atoms with Crippen molar-refractivity contribution in [1.29, 1.82) is 0 Å². The summed E-state index contributed by atoms with van der Waals surface area (Å²) in [5.74, 6) is -0.136. The monoisotopic (exact) mass is 365 g/mol. The molecule has 0 spiro atoms. The minimum Gasteiger partial charge on any atom is -0.352 e. The van der Waals surface area contributed by atoms with Gasteiger partial charge in [-0.2, -0.15) is 5.10 Å². The molecule has 1 amide bonds. The Hall–Kier alpha value is -1.37. The molecule has 2 aliphatic carbocycles. The lowest BCUT2D eigenvalue weighted by molar-refractivity contribution is -0.124. The van der Waals surface area contributed by atoms with Crippen LogP contribution in [0.25, 0.3) is 0 Å². The van der Waals surface area contributed by atoms with Crippen molar-refractivity contribution in [3.05, 3.63) is 18.0 Å². The quantitative estimate of drug-likeness (QED) is 0.888. The van der Waals surface area contributed by atoms with Gasteiger partial charge in [-0.05, 0) is 44.1 Å². The van der Waals surface area contributed by atoms with Crippen LogP contribution in [0, 0.1) is 5.92 Å². The van der Waals surface area contributed by atoms with E-state index in [2.05, 4.69) is 10.4 Å². The van der Waals surface area contributed by atoms with Crippen molar-refractivity contribution in [2.24, 2.45) is 5.92 Å². The zero-order valence-corrected chi connectivity index (χ0v) is 15.4. The van der Waals surface area contributed by atoms with Gasteiger partial charge in [0, 0.05) is 12.2 Å². The first-order valence-corrected chi connectivity index (χ1v) is 11.3. The predicted molar refractivity (Wildman–Crippen MR) is 94.6 cm³/mol. The SMILES string of the molecule is O=C1NC2CCCCC2CC1S(=O)(=O)Cc1ccn(C2CCCC2)n1. The molecule has 138 valence electrons. The number of amides is 1. The molecular weight excluding hydrogens is 338 g/mol. The number of hydrogen-bond donors (Lipinski definition) is 1. The Balaban J connectivity index is 1.46. The number of nitrogens with one attached hydrogen (secondary N) is 1. The van der Waals surface area contributed by atoms with Crippen LogP contribution < -0.4 is 5.32 Å². The molecule has 3 atom stereocenters. The second kappa shape index (κ2) is 6.74. The molecule has 1 aromatic heterocycles. The third-order valence-electron chi connectivity index (χ3n) is 6.19. The number of aromatic nitrogens is 2. The number of carbonyl (C=O) groups is 1. The summed E-state index contributed by atoms with van der Waals surface area (Å²) < 4.78 is 27.6. The van der Waals surface area contributed by atoms with E-state index in [0.29, 0.717) is 24.1 Å². The fourth-order valence-corrected chi connectivity index (χ4v) is 6.48. The Labute approximate surface area is 149 Å². The zero-order valence-electron chi connectivity index (χ0n) is 14.6. The Bertz CT molecular complexity index is 737. The maximum absolute atomic E-state index is 12.9. The van der Waals surface area contributed by atoms with E-state index in [1.165, 1.54) is 12.8 Å². The molecule has 0 radical (unpaired) electrons. The topological polar surface area (TPSA) is 81.1 Å². The van der Waals surface area contributed by atoms with Gasteiger partial charge < -0.3 is 5.32 Å². The number of hydrogen-bond acceptors (Lipinski definition) is 4. The smallest absolute Gasteiger partial charge is 0.238 e. The number of carbonyl (C=O) groups excluding carboxylic acids is 1. The van der Waals surface area contributed by atoms with Crippen LogP contribution in [0.2, 0.25) is 0 Å². The van der Waals surface area contributed by atoms with Gasteiger partial charge in [0.2, 0.25) is 5.91 Å². The fraction of sp³-hybridized carbons (Fsp3) is 0.778. The maximum atomic E-state index is 12.9. The molecule has 1 N–H and O–H groups in total. The molecule has 2 heterocycles. The van der Waals surface area contributed by atoms with Crippen LogP contribution in [0.4, 0.5) is 0 Å². The number of piperidine rings is 1. The van der Waals surface area contributed by atoms with Crippen molar-refractivity contribution >= 4 is 15.7 Å². The first kappa shape index (κ1) is 17.1. The van der Waals surface area contributed by atoms with E-state index in [9.17, 15) is 13.2 Å². The van der Waals surface area contributed by atoms with E-state index < -0.39 is 15.1 Å². The lowest BCUT2D eigenvalue weighted by Crippen LogP contribution is -2.55. The van der Waals surface area contributed by atoms with Gasteiger partial charge in [-0.25, -0.2) is 8.42 Å². The average Bonchev–Trinajstić information content (AvgIpc) is 3.25. The zero-order chi connectivity index (χ0) is 17.4. The third kappa shape index (κ3) is 3.48. The molecule has 4 rings (SSSR count). The highest BCUT2D eigenvalue weighted by atomic mass is 32.2. The molecule has 0 bridgehead atoms. The molecule has 25 heavy (non-hydrogen) atoms. The molecule has 3 aliphatic rings. The van der Waals surface area contributed by atoms with E-state index in [1.807, 2.05) is 10.9 Å². The summed E-state index contributed by atoms with van der Waals surface area (Å²) in [5, 5.41) is 6.54. The maximum Gasteiger partial charge on any atom is 0.238 e. The van der Waals surface area contributed by atoms with Crippen LogP contribution in [0.15, 0.2) is 12.3 Å². The number of nitrogens with zero attached hydrogens (tertiary/aromatic N) is 2. The van der Waals surface area contributed by atoms with E-state index >= 15 is 0 Å². The van der Waals surface area contributed by atoms with E-state index in [4.69, 9.17) is 0 Å². The van der Waals surface area contributed by atoms with Crippen molar-refractivity contribution < 1.29 is 13.2 Å². The van der Waals surface area contributed by atoms with E-state index in [0.717, 1.165) is 38.5 Å². The Morgan fingerprint density at radius 2 is 1.84 bits per heavy atom. The minimum absolute atomic E-state index is 0.137. The minimum atomic E-state index is -3.53. The normalized spacial score (nSPS) is 30.9. The Kier molecular flexibility index (Phi) is 4.60. The number of rotatable bonds is 4. The molecular formula is C18H27N3O3S. The fourth-order valence-electron chi connectivity index (χ4n) is 4.78.